The lowest BCUT2D eigenvalue weighted by molar-refractivity contribution is 1.27. The van der Waals surface area contributed by atoms with Gasteiger partial charge in [-0.3, -0.25) is 9.97 Å². The smallest absolute Gasteiger partial charge is 0.0894 e. The Bertz CT molecular complexity index is 690. The first-order valence-corrected chi connectivity index (χ1v) is 5.72. The molecular formula is C15H11N3. The predicted octanol–water partition coefficient (Wildman–Crippen LogP) is 3.20. The highest BCUT2D eigenvalue weighted by atomic mass is 14.8. The summed E-state index contributed by atoms with van der Waals surface area (Å²) in [6.07, 6.45) is 9.26. The fourth-order valence-electron chi connectivity index (χ4n) is 1.71. The molecule has 0 atom stereocenters. The van der Waals surface area contributed by atoms with Crippen molar-refractivity contribution in [1.29, 1.82) is 0 Å². The molecule has 18 heavy (non-hydrogen) atoms. The lowest BCUT2D eigenvalue weighted by atomic mass is 10.2. The molecule has 0 aliphatic heterocycles. The number of hydrogen-bond acceptors (Lipinski definition) is 3. The molecule has 0 saturated heterocycles. The molecule has 2 aromatic heterocycles. The van der Waals surface area contributed by atoms with Gasteiger partial charge < -0.3 is 0 Å². The first kappa shape index (κ1) is 10.6. The fourth-order valence-corrected chi connectivity index (χ4v) is 1.71. The third kappa shape index (κ3) is 2.25. The molecule has 3 rings (SSSR count). The second kappa shape index (κ2) is 4.75. The second-order valence-corrected chi connectivity index (χ2v) is 3.90. The van der Waals surface area contributed by atoms with Crippen molar-refractivity contribution in [3.05, 3.63) is 66.2 Å². The zero-order valence-electron chi connectivity index (χ0n) is 9.69. The highest BCUT2D eigenvalue weighted by Crippen LogP contribution is 2.10. The van der Waals surface area contributed by atoms with Crippen LogP contribution in [-0.2, 0) is 0 Å². The van der Waals surface area contributed by atoms with Gasteiger partial charge in [0.2, 0.25) is 0 Å². The van der Waals surface area contributed by atoms with Crippen LogP contribution in [0.15, 0.2) is 55.0 Å². The van der Waals surface area contributed by atoms with Crippen LogP contribution in [0.3, 0.4) is 0 Å². The van der Waals surface area contributed by atoms with E-state index in [4.69, 9.17) is 0 Å². The fraction of sp³-hybridized carbons (Fsp3) is 0. The van der Waals surface area contributed by atoms with E-state index < -0.39 is 0 Å². The summed E-state index contributed by atoms with van der Waals surface area (Å²) in [5.41, 5.74) is 3.71. The summed E-state index contributed by atoms with van der Waals surface area (Å²) < 4.78 is 0. The van der Waals surface area contributed by atoms with E-state index in [1.807, 2.05) is 54.7 Å². The topological polar surface area (TPSA) is 38.7 Å². The van der Waals surface area contributed by atoms with Gasteiger partial charge in [-0.05, 0) is 29.8 Å². The number of nitrogens with zero attached hydrogens (tertiary/aromatic N) is 3. The Morgan fingerprint density at radius 2 is 1.72 bits per heavy atom. The molecule has 3 heteroatoms. The van der Waals surface area contributed by atoms with Gasteiger partial charge in [0.25, 0.3) is 0 Å². The van der Waals surface area contributed by atoms with Crippen LogP contribution in [0.2, 0.25) is 0 Å². The minimum Gasteiger partial charge on any atom is -0.264 e. The molecule has 0 unspecified atom stereocenters. The van der Waals surface area contributed by atoms with Crippen molar-refractivity contribution in [2.24, 2.45) is 0 Å². The van der Waals surface area contributed by atoms with Crippen molar-refractivity contribution in [3.8, 4) is 0 Å². The van der Waals surface area contributed by atoms with Crippen molar-refractivity contribution in [1.82, 2.24) is 15.0 Å². The Morgan fingerprint density at radius 1 is 0.833 bits per heavy atom. The van der Waals surface area contributed by atoms with Gasteiger partial charge in [-0.25, -0.2) is 4.98 Å². The molecule has 1 aromatic carbocycles. The zero-order chi connectivity index (χ0) is 12.2. The van der Waals surface area contributed by atoms with Gasteiger partial charge >= 0.3 is 0 Å². The van der Waals surface area contributed by atoms with Crippen LogP contribution in [0, 0.1) is 0 Å². The van der Waals surface area contributed by atoms with Crippen LogP contribution < -0.4 is 0 Å². The molecule has 0 radical (unpaired) electrons. The normalized spacial score (nSPS) is 11.1. The number of rotatable bonds is 2. The maximum absolute atomic E-state index is 4.52. The molecule has 2 heterocycles. The third-order valence-corrected chi connectivity index (χ3v) is 2.60. The Labute approximate surface area is 105 Å². The van der Waals surface area contributed by atoms with Crippen LogP contribution in [0.25, 0.3) is 23.2 Å². The number of benzene rings is 1. The zero-order valence-corrected chi connectivity index (χ0v) is 9.69. The highest BCUT2D eigenvalue weighted by molar-refractivity contribution is 5.76. The molecule has 0 N–H and O–H groups in total. The Balaban J connectivity index is 1.93. The molecule has 0 bridgehead atoms. The molecule has 0 aliphatic carbocycles. The van der Waals surface area contributed by atoms with E-state index in [9.17, 15) is 0 Å². The highest BCUT2D eigenvalue weighted by Gasteiger charge is 1.95. The quantitative estimate of drug-likeness (QED) is 0.682. The van der Waals surface area contributed by atoms with Crippen LogP contribution in [-0.4, -0.2) is 15.0 Å². The molecule has 3 aromatic rings. The Kier molecular flexibility index (Phi) is 2.80. The summed E-state index contributed by atoms with van der Waals surface area (Å²) in [5.74, 6) is 0. The summed E-state index contributed by atoms with van der Waals surface area (Å²) in [5, 5.41) is 0. The van der Waals surface area contributed by atoms with E-state index in [-0.39, 0.29) is 0 Å². The summed E-state index contributed by atoms with van der Waals surface area (Å²) >= 11 is 0. The van der Waals surface area contributed by atoms with Crippen molar-refractivity contribution in [2.45, 2.75) is 0 Å². The first-order valence-electron chi connectivity index (χ1n) is 5.72. The predicted molar refractivity (Wildman–Crippen MR) is 72.7 cm³/mol. The molecule has 0 aliphatic rings. The molecular weight excluding hydrogens is 222 g/mol. The van der Waals surface area contributed by atoms with Crippen molar-refractivity contribution >= 4 is 23.2 Å². The molecule has 3 nitrogen and oxygen atoms in total. The maximum atomic E-state index is 4.52. The second-order valence-electron chi connectivity index (χ2n) is 3.90. The Hall–Kier alpha value is -2.55. The van der Waals surface area contributed by atoms with Gasteiger partial charge in [0.1, 0.15) is 0 Å². The summed E-state index contributed by atoms with van der Waals surface area (Å²) in [6, 6.07) is 11.7. The van der Waals surface area contributed by atoms with Gasteiger partial charge in [0.15, 0.2) is 0 Å². The number of fused-ring (bicyclic) bond motifs is 1. The number of pyridine rings is 1. The van der Waals surface area contributed by atoms with Crippen molar-refractivity contribution in [3.63, 3.8) is 0 Å². The van der Waals surface area contributed by atoms with Crippen LogP contribution in [0.4, 0.5) is 0 Å². The minimum absolute atomic E-state index is 0.845. The summed E-state index contributed by atoms with van der Waals surface area (Å²) in [6.45, 7) is 0. The average molecular weight is 233 g/mol. The lowest BCUT2D eigenvalue weighted by Gasteiger charge is -1.97. The van der Waals surface area contributed by atoms with Gasteiger partial charge in [0.05, 0.1) is 22.9 Å². The number of hydrogen-bond donors (Lipinski definition) is 0. The minimum atomic E-state index is 0.845. The number of para-hydroxylation sites is 2. The number of aromatic nitrogens is 3. The van der Waals surface area contributed by atoms with E-state index in [1.54, 1.807) is 12.4 Å². The Morgan fingerprint density at radius 3 is 2.56 bits per heavy atom. The van der Waals surface area contributed by atoms with Crippen LogP contribution in [0.5, 0.6) is 0 Å². The monoisotopic (exact) mass is 233 g/mol. The SMILES string of the molecule is C(=Cc1cnc2ccccc2n1)c1cccnc1. The largest absolute Gasteiger partial charge is 0.264 e. The van der Waals surface area contributed by atoms with E-state index >= 15 is 0 Å². The maximum Gasteiger partial charge on any atom is 0.0894 e. The molecule has 0 amide bonds. The van der Waals surface area contributed by atoms with Crippen LogP contribution in [0.1, 0.15) is 11.3 Å². The average Bonchev–Trinajstić information content (AvgIpc) is 2.46. The molecule has 0 saturated carbocycles. The molecule has 86 valence electrons. The summed E-state index contributed by atoms with van der Waals surface area (Å²) in [7, 11) is 0. The van der Waals surface area contributed by atoms with Crippen molar-refractivity contribution < 1.29 is 0 Å². The molecule has 0 fully saturated rings. The summed E-state index contributed by atoms with van der Waals surface area (Å²) in [4.78, 5) is 12.9. The van der Waals surface area contributed by atoms with Crippen LogP contribution >= 0.6 is 0 Å². The van der Waals surface area contributed by atoms with Gasteiger partial charge in [-0.2, -0.15) is 0 Å². The lowest BCUT2D eigenvalue weighted by Crippen LogP contribution is -1.86. The molecule has 0 spiro atoms. The van der Waals surface area contributed by atoms with Gasteiger partial charge in [0, 0.05) is 12.4 Å². The first-order chi connectivity index (χ1) is 8.92. The van der Waals surface area contributed by atoms with E-state index in [2.05, 4.69) is 15.0 Å². The van der Waals surface area contributed by atoms with E-state index in [0.29, 0.717) is 0 Å². The van der Waals surface area contributed by atoms with Gasteiger partial charge in [-0.15, -0.1) is 0 Å². The van der Waals surface area contributed by atoms with E-state index in [0.717, 1.165) is 22.3 Å². The standard InChI is InChI=1S/C15H11N3/c1-2-6-15-14(5-1)17-11-13(18-15)8-7-12-4-3-9-16-10-12/h1-11H. The van der Waals surface area contributed by atoms with Gasteiger partial charge in [-0.1, -0.05) is 24.3 Å². The van der Waals surface area contributed by atoms with Crippen molar-refractivity contribution in [2.75, 3.05) is 0 Å². The third-order valence-electron chi connectivity index (χ3n) is 2.60. The van der Waals surface area contributed by atoms with E-state index in [1.165, 1.54) is 0 Å².